The molecule has 1 atom stereocenters. The van der Waals surface area contributed by atoms with E-state index in [0.717, 1.165) is 27.6 Å². The van der Waals surface area contributed by atoms with Gasteiger partial charge >= 0.3 is 0 Å². The first kappa shape index (κ1) is 23.7. The van der Waals surface area contributed by atoms with Crippen molar-refractivity contribution in [2.75, 3.05) is 13.2 Å². The lowest BCUT2D eigenvalue weighted by Gasteiger charge is -2.13. The van der Waals surface area contributed by atoms with Crippen LogP contribution in [0.3, 0.4) is 0 Å². The lowest BCUT2D eigenvalue weighted by molar-refractivity contribution is 0.0945. The molecule has 2 N–H and O–H groups in total. The number of hydrogen-bond acceptors (Lipinski definition) is 4. The molecule has 0 saturated heterocycles. The highest BCUT2D eigenvalue weighted by molar-refractivity contribution is 6.35. The summed E-state index contributed by atoms with van der Waals surface area (Å²) in [6.45, 7) is 4.64. The van der Waals surface area contributed by atoms with Crippen LogP contribution in [0.4, 0.5) is 0 Å². The average molecular weight is 475 g/mol. The predicted octanol–water partition coefficient (Wildman–Crippen LogP) is 6.40. The Labute approximate surface area is 204 Å². The molecular formula is C28H27ClN2O3. The van der Waals surface area contributed by atoms with Crippen LogP contribution in [0.5, 0.6) is 11.5 Å². The van der Waals surface area contributed by atoms with Crippen LogP contribution in [-0.4, -0.2) is 29.1 Å². The van der Waals surface area contributed by atoms with E-state index in [-0.39, 0.29) is 18.4 Å². The first-order valence-electron chi connectivity index (χ1n) is 11.3. The Kier molecular flexibility index (Phi) is 7.46. The number of para-hydroxylation sites is 1. The molecule has 1 unspecified atom stereocenters. The molecule has 0 aliphatic heterocycles. The van der Waals surface area contributed by atoms with Crippen LogP contribution >= 0.6 is 11.6 Å². The number of aromatic nitrogens is 1. The van der Waals surface area contributed by atoms with Crippen LogP contribution in [0.15, 0.2) is 72.9 Å². The van der Waals surface area contributed by atoms with E-state index < -0.39 is 0 Å². The zero-order valence-electron chi connectivity index (χ0n) is 19.2. The normalized spacial score (nSPS) is 11.9. The van der Waals surface area contributed by atoms with Crippen molar-refractivity contribution < 1.29 is 14.6 Å². The molecule has 5 nitrogen and oxygen atoms in total. The van der Waals surface area contributed by atoms with Crippen LogP contribution < -0.4 is 10.1 Å². The van der Waals surface area contributed by atoms with Crippen molar-refractivity contribution in [2.45, 2.75) is 20.3 Å². The number of aliphatic hydroxyl groups is 1. The minimum atomic E-state index is -0.167. The Morgan fingerprint density at radius 1 is 1.09 bits per heavy atom. The fourth-order valence-electron chi connectivity index (χ4n) is 3.91. The summed E-state index contributed by atoms with van der Waals surface area (Å²) in [6.07, 6.45) is 2.48. The van der Waals surface area contributed by atoms with Crippen molar-refractivity contribution in [1.29, 1.82) is 0 Å². The molecule has 4 aromatic rings. The van der Waals surface area contributed by atoms with Crippen LogP contribution in [0.25, 0.3) is 22.0 Å². The third kappa shape index (κ3) is 5.38. The number of carbonyl (C=O) groups is 1. The predicted molar refractivity (Wildman–Crippen MR) is 137 cm³/mol. The maximum Gasteiger partial charge on any atom is 0.251 e. The molecular weight excluding hydrogens is 448 g/mol. The number of pyridine rings is 1. The van der Waals surface area contributed by atoms with Gasteiger partial charge in [0.2, 0.25) is 0 Å². The first-order valence-corrected chi connectivity index (χ1v) is 11.7. The van der Waals surface area contributed by atoms with Crippen molar-refractivity contribution in [3.63, 3.8) is 0 Å². The van der Waals surface area contributed by atoms with Gasteiger partial charge in [-0.25, -0.2) is 0 Å². The second-order valence-electron chi connectivity index (χ2n) is 8.44. The first-order chi connectivity index (χ1) is 16.5. The summed E-state index contributed by atoms with van der Waals surface area (Å²) < 4.78 is 6.12. The Balaban J connectivity index is 1.57. The topological polar surface area (TPSA) is 71.5 Å². The lowest BCUT2D eigenvalue weighted by Crippen LogP contribution is -2.28. The summed E-state index contributed by atoms with van der Waals surface area (Å²) in [5.74, 6) is 1.28. The molecule has 0 radical (unpaired) electrons. The van der Waals surface area contributed by atoms with Gasteiger partial charge in [0.1, 0.15) is 11.5 Å². The van der Waals surface area contributed by atoms with E-state index in [4.69, 9.17) is 21.4 Å². The van der Waals surface area contributed by atoms with E-state index in [2.05, 4.69) is 10.3 Å². The molecule has 1 amide bonds. The molecule has 3 aromatic carbocycles. The summed E-state index contributed by atoms with van der Waals surface area (Å²) >= 11 is 6.37. The molecule has 174 valence electrons. The Hall–Kier alpha value is -3.41. The van der Waals surface area contributed by atoms with E-state index >= 15 is 0 Å². The van der Waals surface area contributed by atoms with Gasteiger partial charge in [-0.3, -0.25) is 9.78 Å². The number of rotatable bonds is 8. The third-order valence-electron chi connectivity index (χ3n) is 5.73. The number of carbonyl (C=O) groups excluding carboxylic acids is 1. The molecule has 1 heterocycles. The minimum absolute atomic E-state index is 0.112. The van der Waals surface area contributed by atoms with E-state index in [9.17, 15) is 4.79 Å². The van der Waals surface area contributed by atoms with Crippen molar-refractivity contribution in [3.8, 4) is 22.6 Å². The Morgan fingerprint density at radius 3 is 2.62 bits per heavy atom. The maximum atomic E-state index is 12.5. The Bertz CT molecular complexity index is 1320. The smallest absolute Gasteiger partial charge is 0.251 e. The molecule has 0 fully saturated rings. The number of nitrogens with zero attached hydrogens (tertiary/aromatic N) is 1. The quantitative estimate of drug-likeness (QED) is 0.310. The van der Waals surface area contributed by atoms with Crippen LogP contribution in [0.2, 0.25) is 5.02 Å². The molecule has 6 heteroatoms. The maximum absolute atomic E-state index is 12.5. The van der Waals surface area contributed by atoms with Crippen molar-refractivity contribution in [3.05, 3.63) is 89.1 Å². The summed E-state index contributed by atoms with van der Waals surface area (Å²) in [7, 11) is 0. The van der Waals surface area contributed by atoms with Gasteiger partial charge < -0.3 is 15.2 Å². The molecule has 4 rings (SSSR count). The number of benzene rings is 3. The highest BCUT2D eigenvalue weighted by atomic mass is 35.5. The van der Waals surface area contributed by atoms with Gasteiger partial charge in [-0.15, -0.1) is 0 Å². The molecule has 0 spiro atoms. The van der Waals surface area contributed by atoms with Gasteiger partial charge in [0, 0.05) is 30.3 Å². The number of aliphatic hydroxyl groups excluding tert-OH is 1. The molecule has 0 aliphatic carbocycles. The van der Waals surface area contributed by atoms with Gasteiger partial charge in [-0.2, -0.15) is 0 Å². The summed E-state index contributed by atoms with van der Waals surface area (Å²) in [6, 6.07) is 20.7. The zero-order valence-corrected chi connectivity index (χ0v) is 20.0. The van der Waals surface area contributed by atoms with Gasteiger partial charge in [0.25, 0.3) is 5.91 Å². The zero-order chi connectivity index (χ0) is 24.1. The number of nitrogens with one attached hydrogen (secondary N) is 1. The fourth-order valence-corrected chi connectivity index (χ4v) is 4.14. The minimum Gasteiger partial charge on any atom is -0.457 e. The third-order valence-corrected chi connectivity index (χ3v) is 6.03. The Morgan fingerprint density at radius 2 is 1.82 bits per heavy atom. The highest BCUT2D eigenvalue weighted by Gasteiger charge is 2.13. The summed E-state index contributed by atoms with van der Waals surface area (Å²) in [5.41, 5.74) is 4.39. The molecule has 0 aliphatic rings. The fraction of sp³-hybridized carbons (Fsp3) is 0.214. The van der Waals surface area contributed by atoms with E-state index in [1.807, 2.05) is 68.6 Å². The summed E-state index contributed by atoms with van der Waals surface area (Å²) in [4.78, 5) is 17.0. The van der Waals surface area contributed by atoms with Gasteiger partial charge in [0.15, 0.2) is 0 Å². The SMILES string of the molecule is Cc1cnc2c(Cl)cccc2c1-c1cccc(Oc2cccc(C(=O)NCC(C)CCO)c2)c1. The van der Waals surface area contributed by atoms with Crippen molar-refractivity contribution in [2.24, 2.45) is 5.92 Å². The second-order valence-corrected chi connectivity index (χ2v) is 8.84. The summed E-state index contributed by atoms with van der Waals surface area (Å²) in [5, 5.41) is 13.5. The largest absolute Gasteiger partial charge is 0.457 e. The van der Waals surface area contributed by atoms with E-state index in [1.54, 1.807) is 18.2 Å². The van der Waals surface area contributed by atoms with Gasteiger partial charge in [0.05, 0.1) is 10.5 Å². The highest BCUT2D eigenvalue weighted by Crippen LogP contribution is 2.35. The average Bonchev–Trinajstić information content (AvgIpc) is 2.83. The van der Waals surface area contributed by atoms with Crippen LogP contribution in [0.1, 0.15) is 29.3 Å². The van der Waals surface area contributed by atoms with Crippen LogP contribution in [-0.2, 0) is 0 Å². The number of aryl methyl sites for hydroxylation is 1. The molecule has 0 saturated carbocycles. The van der Waals surface area contributed by atoms with Crippen molar-refractivity contribution in [1.82, 2.24) is 10.3 Å². The second kappa shape index (κ2) is 10.7. The number of halogens is 1. The molecule has 1 aromatic heterocycles. The molecule has 0 bridgehead atoms. The number of ether oxygens (including phenoxy) is 1. The van der Waals surface area contributed by atoms with Crippen LogP contribution in [0, 0.1) is 12.8 Å². The molecule has 34 heavy (non-hydrogen) atoms. The van der Waals surface area contributed by atoms with Gasteiger partial charge in [-0.1, -0.05) is 48.9 Å². The lowest BCUT2D eigenvalue weighted by atomic mass is 9.97. The standard InChI is InChI=1S/C28H27ClN2O3/c1-18(12-13-32)16-31-28(33)21-7-4-9-23(15-21)34-22-8-3-6-20(14-22)26-19(2)17-30-27-24(26)10-5-11-25(27)29/h3-11,14-15,17-18,32H,12-13,16H2,1-2H3,(H,31,33). The van der Waals surface area contributed by atoms with Gasteiger partial charge in [-0.05, 0) is 72.4 Å². The van der Waals surface area contributed by atoms with Crippen molar-refractivity contribution >= 4 is 28.4 Å². The van der Waals surface area contributed by atoms with E-state index in [1.165, 1.54) is 0 Å². The van der Waals surface area contributed by atoms with E-state index in [0.29, 0.717) is 35.1 Å². The number of hydrogen-bond donors (Lipinski definition) is 2. The number of amides is 1. The monoisotopic (exact) mass is 474 g/mol. The number of fused-ring (bicyclic) bond motifs is 1.